The van der Waals surface area contributed by atoms with Gasteiger partial charge in [-0.3, -0.25) is 9.59 Å². The van der Waals surface area contributed by atoms with Crippen LogP contribution in [0.5, 0.6) is 0 Å². The van der Waals surface area contributed by atoms with Crippen LogP contribution in [0.1, 0.15) is 16.7 Å². The lowest BCUT2D eigenvalue weighted by Crippen LogP contribution is -2.46. The number of nitrogens with one attached hydrogen (secondary N) is 2. The highest BCUT2D eigenvalue weighted by Gasteiger charge is 2.32. The van der Waals surface area contributed by atoms with Gasteiger partial charge in [-0.1, -0.05) is 30.7 Å². The van der Waals surface area contributed by atoms with Gasteiger partial charge in [0, 0.05) is 24.2 Å². The molecule has 31 heavy (non-hydrogen) atoms. The molecule has 1 aliphatic heterocycles. The van der Waals surface area contributed by atoms with E-state index >= 15 is 0 Å². The fraction of sp³-hybridized carbons (Fsp3) is 0.273. The minimum absolute atomic E-state index is 0.153. The fourth-order valence-corrected chi connectivity index (χ4v) is 3.96. The second kappa shape index (κ2) is 9.47. The predicted octanol–water partition coefficient (Wildman–Crippen LogP) is 4.01. The number of hydrogen-bond donors (Lipinski definition) is 2. The number of halogens is 3. The number of alkyl halides is 3. The van der Waals surface area contributed by atoms with Crippen LogP contribution >= 0.6 is 11.9 Å². The van der Waals surface area contributed by atoms with Gasteiger partial charge < -0.3 is 14.9 Å². The molecule has 0 fully saturated rings. The average Bonchev–Trinajstić information content (AvgIpc) is 2.73. The predicted molar refractivity (Wildman–Crippen MR) is 116 cm³/mol. The molecule has 0 saturated carbocycles. The summed E-state index contributed by atoms with van der Waals surface area (Å²) in [5.74, 6) is -0.488. The van der Waals surface area contributed by atoms with Crippen LogP contribution in [0, 0.1) is 0 Å². The summed E-state index contributed by atoms with van der Waals surface area (Å²) in [6.45, 7) is 3.84. The summed E-state index contributed by atoms with van der Waals surface area (Å²) in [6.07, 6.45) is -0.834. The lowest BCUT2D eigenvalue weighted by atomic mass is 9.91. The van der Waals surface area contributed by atoms with Gasteiger partial charge in [0.2, 0.25) is 11.8 Å². The van der Waals surface area contributed by atoms with Gasteiger partial charge in [-0.2, -0.15) is 13.2 Å². The molecule has 164 valence electrons. The van der Waals surface area contributed by atoms with Crippen LogP contribution in [0.25, 0.3) is 0 Å². The molecule has 0 spiro atoms. The van der Waals surface area contributed by atoms with Crippen LogP contribution in [0.15, 0.2) is 55.1 Å². The van der Waals surface area contributed by atoms with E-state index < -0.39 is 11.7 Å². The SMILES string of the molecule is C=CC(=O)NC1Cc2c(CC(=O)NSC)cccc2N(c2ccc(C(F)(F)F)cc2)C1. The second-order valence-corrected chi connectivity index (χ2v) is 7.70. The molecule has 2 aromatic carbocycles. The number of nitrogens with zero attached hydrogens (tertiary/aromatic N) is 1. The number of anilines is 2. The van der Waals surface area contributed by atoms with Crippen LogP contribution in [0.4, 0.5) is 24.5 Å². The van der Waals surface area contributed by atoms with Gasteiger partial charge in [-0.25, -0.2) is 0 Å². The molecule has 1 unspecified atom stereocenters. The van der Waals surface area contributed by atoms with Crippen LogP contribution < -0.4 is 14.9 Å². The molecule has 0 aliphatic carbocycles. The Hall–Kier alpha value is -2.94. The third-order valence-corrected chi connectivity index (χ3v) is 5.43. The fourth-order valence-electron chi connectivity index (χ4n) is 3.66. The van der Waals surface area contributed by atoms with Crippen molar-refractivity contribution in [1.29, 1.82) is 0 Å². The first kappa shape index (κ1) is 22.7. The molecule has 5 nitrogen and oxygen atoms in total. The Balaban J connectivity index is 2.00. The minimum Gasteiger partial charge on any atom is -0.348 e. The van der Waals surface area contributed by atoms with Crippen molar-refractivity contribution < 1.29 is 22.8 Å². The molecule has 3 rings (SSSR count). The summed E-state index contributed by atoms with van der Waals surface area (Å²) in [4.78, 5) is 25.9. The lowest BCUT2D eigenvalue weighted by molar-refractivity contribution is -0.137. The second-order valence-electron chi connectivity index (χ2n) is 7.09. The summed E-state index contributed by atoms with van der Waals surface area (Å²) in [6, 6.07) is 10.1. The van der Waals surface area contributed by atoms with Crippen molar-refractivity contribution in [3.8, 4) is 0 Å². The third kappa shape index (κ3) is 5.41. The molecule has 2 amide bonds. The van der Waals surface area contributed by atoms with Crippen LogP contribution in [0.2, 0.25) is 0 Å². The van der Waals surface area contributed by atoms with Crippen molar-refractivity contribution in [2.24, 2.45) is 0 Å². The number of amides is 2. The Bertz CT molecular complexity index is 977. The minimum atomic E-state index is -4.42. The number of fused-ring (bicyclic) bond motifs is 1. The molecule has 2 N–H and O–H groups in total. The number of carbonyl (C=O) groups excluding carboxylic acids is 2. The highest BCUT2D eigenvalue weighted by atomic mass is 32.2. The summed E-state index contributed by atoms with van der Waals surface area (Å²) in [5.41, 5.74) is 2.32. The Morgan fingerprint density at radius 1 is 1.23 bits per heavy atom. The molecule has 1 aliphatic rings. The molecule has 1 atom stereocenters. The van der Waals surface area contributed by atoms with E-state index in [9.17, 15) is 22.8 Å². The number of carbonyl (C=O) groups is 2. The third-order valence-electron chi connectivity index (χ3n) is 5.00. The largest absolute Gasteiger partial charge is 0.416 e. The molecular weight excluding hydrogens is 427 g/mol. The quantitative estimate of drug-likeness (QED) is 0.517. The topological polar surface area (TPSA) is 61.4 Å². The number of rotatable bonds is 6. The zero-order chi connectivity index (χ0) is 22.6. The summed E-state index contributed by atoms with van der Waals surface area (Å²) in [7, 11) is 0. The van der Waals surface area contributed by atoms with Gasteiger partial charge in [0.25, 0.3) is 0 Å². The normalized spacial score (nSPS) is 15.7. The molecule has 0 radical (unpaired) electrons. The number of benzene rings is 2. The first-order valence-electron chi connectivity index (χ1n) is 9.53. The molecule has 0 saturated heterocycles. The van der Waals surface area contributed by atoms with Gasteiger partial charge in [0.1, 0.15) is 0 Å². The maximum Gasteiger partial charge on any atom is 0.416 e. The summed E-state index contributed by atoms with van der Waals surface area (Å²) in [5, 5.41) is 2.87. The highest BCUT2D eigenvalue weighted by Crippen LogP contribution is 2.37. The average molecular weight is 449 g/mol. The molecular formula is C22H22F3N3O2S. The summed E-state index contributed by atoms with van der Waals surface area (Å²) < 4.78 is 41.6. The van der Waals surface area contributed by atoms with Gasteiger partial charge in [-0.05, 0) is 54.0 Å². The monoisotopic (exact) mass is 449 g/mol. The van der Waals surface area contributed by atoms with E-state index in [1.165, 1.54) is 30.2 Å². The van der Waals surface area contributed by atoms with Crippen LogP contribution in [0.3, 0.4) is 0 Å². The van der Waals surface area contributed by atoms with Crippen LogP contribution in [-0.2, 0) is 28.6 Å². The van der Waals surface area contributed by atoms with Crippen molar-refractivity contribution in [3.05, 3.63) is 71.8 Å². The summed E-state index contributed by atoms with van der Waals surface area (Å²) >= 11 is 1.21. The van der Waals surface area contributed by atoms with Gasteiger partial charge >= 0.3 is 6.18 Å². The standard InChI is InChI=1S/C22H22F3N3O2S/c1-3-20(29)26-16-12-18-14(11-21(30)27-31-2)5-4-6-19(18)28(13-16)17-9-7-15(8-10-17)22(23,24)25/h3-10,16H,1,11-13H2,2H3,(H,26,29)(H,27,30). The molecule has 2 aromatic rings. The van der Waals surface area contributed by atoms with Crippen molar-refractivity contribution in [3.63, 3.8) is 0 Å². The van der Waals surface area contributed by atoms with Gasteiger partial charge in [-0.15, -0.1) is 0 Å². The van der Waals surface area contributed by atoms with Crippen molar-refractivity contribution in [2.75, 3.05) is 17.7 Å². The highest BCUT2D eigenvalue weighted by molar-refractivity contribution is 7.97. The van der Waals surface area contributed by atoms with E-state index in [-0.39, 0.29) is 24.3 Å². The zero-order valence-corrected chi connectivity index (χ0v) is 17.6. The molecule has 1 heterocycles. The Morgan fingerprint density at radius 2 is 1.94 bits per heavy atom. The molecule has 0 aromatic heterocycles. The van der Waals surface area contributed by atoms with Crippen molar-refractivity contribution >= 4 is 35.1 Å². The first-order chi connectivity index (χ1) is 14.7. The smallest absolute Gasteiger partial charge is 0.348 e. The first-order valence-corrected chi connectivity index (χ1v) is 10.8. The van der Waals surface area contributed by atoms with Crippen molar-refractivity contribution in [2.45, 2.75) is 25.1 Å². The maximum atomic E-state index is 13.0. The Labute approximate surface area is 182 Å². The van der Waals surface area contributed by atoms with E-state index in [4.69, 9.17) is 0 Å². The van der Waals surface area contributed by atoms with E-state index in [2.05, 4.69) is 16.6 Å². The Morgan fingerprint density at radius 3 is 2.55 bits per heavy atom. The van der Waals surface area contributed by atoms with E-state index in [0.29, 0.717) is 18.7 Å². The molecule has 0 bridgehead atoms. The zero-order valence-electron chi connectivity index (χ0n) is 16.8. The van der Waals surface area contributed by atoms with E-state index in [0.717, 1.165) is 28.9 Å². The number of hydrogen-bond acceptors (Lipinski definition) is 4. The van der Waals surface area contributed by atoms with E-state index in [1.807, 2.05) is 23.1 Å². The van der Waals surface area contributed by atoms with E-state index in [1.54, 1.807) is 6.26 Å². The van der Waals surface area contributed by atoms with Crippen molar-refractivity contribution in [1.82, 2.24) is 10.0 Å². The van der Waals surface area contributed by atoms with Gasteiger partial charge in [0.15, 0.2) is 0 Å². The lowest BCUT2D eigenvalue weighted by Gasteiger charge is -2.37. The van der Waals surface area contributed by atoms with Crippen LogP contribution in [-0.4, -0.2) is 30.7 Å². The maximum absolute atomic E-state index is 13.0. The molecule has 9 heteroatoms. The Kier molecular flexibility index (Phi) is 6.94. The van der Waals surface area contributed by atoms with Gasteiger partial charge in [0.05, 0.1) is 18.0 Å².